The number of carbonyl (C=O) groups is 1. The summed E-state index contributed by atoms with van der Waals surface area (Å²) in [5.41, 5.74) is 3.82. The summed E-state index contributed by atoms with van der Waals surface area (Å²) < 4.78 is 0. The van der Waals surface area contributed by atoms with Crippen molar-refractivity contribution < 1.29 is 10.0 Å². The summed E-state index contributed by atoms with van der Waals surface area (Å²) in [7, 11) is 0. The van der Waals surface area contributed by atoms with Gasteiger partial charge in [-0.25, -0.2) is 5.06 Å². The molecule has 0 saturated heterocycles. The van der Waals surface area contributed by atoms with E-state index in [-0.39, 0.29) is 12.5 Å². The van der Waals surface area contributed by atoms with Crippen LogP contribution in [0.3, 0.4) is 0 Å². The van der Waals surface area contributed by atoms with Crippen LogP contribution >= 0.6 is 0 Å². The van der Waals surface area contributed by atoms with Gasteiger partial charge in [0.1, 0.15) is 0 Å². The van der Waals surface area contributed by atoms with E-state index in [9.17, 15) is 10.0 Å². The third kappa shape index (κ3) is 2.14. The molecule has 3 heteroatoms. The van der Waals surface area contributed by atoms with Crippen molar-refractivity contribution in [3.8, 4) is 0 Å². The van der Waals surface area contributed by atoms with Crippen molar-refractivity contribution in [2.75, 3.05) is 6.54 Å². The molecular formula is C13H15NO2. The molecular weight excluding hydrogens is 202 g/mol. The quantitative estimate of drug-likeness (QED) is 0.609. The lowest BCUT2D eigenvalue weighted by atomic mass is 10.1. The molecule has 0 heterocycles. The van der Waals surface area contributed by atoms with E-state index in [0.29, 0.717) is 0 Å². The number of aryl methyl sites for hydroxylation is 1. The molecule has 0 aliphatic heterocycles. The molecule has 1 aliphatic carbocycles. The number of rotatable bonds is 2. The molecule has 3 nitrogen and oxygen atoms in total. The minimum absolute atomic E-state index is 0.263. The molecule has 1 N–H and O–H groups in total. The van der Waals surface area contributed by atoms with Crippen molar-refractivity contribution in [3.05, 3.63) is 41.5 Å². The average Bonchev–Trinajstić information content (AvgIpc) is 2.69. The lowest BCUT2D eigenvalue weighted by Crippen LogP contribution is -2.24. The number of amides is 1. The van der Waals surface area contributed by atoms with E-state index in [4.69, 9.17) is 0 Å². The maximum atomic E-state index is 10.8. The lowest BCUT2D eigenvalue weighted by Gasteiger charge is -2.10. The Morgan fingerprint density at radius 1 is 1.44 bits per heavy atom. The van der Waals surface area contributed by atoms with Gasteiger partial charge in [-0.05, 0) is 29.5 Å². The van der Waals surface area contributed by atoms with E-state index in [1.807, 2.05) is 18.2 Å². The second-order valence-corrected chi connectivity index (χ2v) is 3.99. The number of hydrogen-bond acceptors (Lipinski definition) is 2. The van der Waals surface area contributed by atoms with Gasteiger partial charge in [-0.3, -0.25) is 10.0 Å². The van der Waals surface area contributed by atoms with Crippen LogP contribution in [0, 0.1) is 0 Å². The Kier molecular flexibility index (Phi) is 3.06. The standard InChI is InChI=1S/C13H15NO2/c1-10(15)14(16)9-8-12-7-6-11-4-2-3-5-13(11)12/h2-5,8,16H,6-7,9H2,1H3/b12-8+. The summed E-state index contributed by atoms with van der Waals surface area (Å²) in [5.74, 6) is -0.330. The minimum atomic E-state index is -0.330. The number of hydrogen-bond donors (Lipinski definition) is 1. The van der Waals surface area contributed by atoms with Crippen LogP contribution in [0.15, 0.2) is 30.3 Å². The molecule has 0 atom stereocenters. The highest BCUT2D eigenvalue weighted by Crippen LogP contribution is 2.31. The van der Waals surface area contributed by atoms with E-state index < -0.39 is 0 Å². The second kappa shape index (κ2) is 4.49. The molecule has 0 unspecified atom stereocenters. The predicted octanol–water partition coefficient (Wildman–Crippen LogP) is 2.25. The Balaban J connectivity index is 2.13. The zero-order chi connectivity index (χ0) is 11.5. The normalized spacial score (nSPS) is 16.2. The summed E-state index contributed by atoms with van der Waals surface area (Å²) in [6.07, 6.45) is 3.96. The van der Waals surface area contributed by atoms with Crippen molar-refractivity contribution in [2.24, 2.45) is 0 Å². The molecule has 0 aromatic heterocycles. The fraction of sp³-hybridized carbons (Fsp3) is 0.308. The number of nitrogens with zero attached hydrogens (tertiary/aromatic N) is 1. The van der Waals surface area contributed by atoms with E-state index in [0.717, 1.165) is 17.9 Å². The Morgan fingerprint density at radius 3 is 2.94 bits per heavy atom. The van der Waals surface area contributed by atoms with E-state index in [2.05, 4.69) is 12.1 Å². The number of hydroxylamine groups is 2. The minimum Gasteiger partial charge on any atom is -0.286 e. The Morgan fingerprint density at radius 2 is 2.19 bits per heavy atom. The monoisotopic (exact) mass is 217 g/mol. The van der Waals surface area contributed by atoms with Crippen molar-refractivity contribution in [3.63, 3.8) is 0 Å². The molecule has 84 valence electrons. The van der Waals surface area contributed by atoms with Crippen LogP contribution in [0.1, 0.15) is 24.5 Å². The first kappa shape index (κ1) is 10.9. The zero-order valence-corrected chi connectivity index (χ0v) is 9.31. The average molecular weight is 217 g/mol. The molecule has 1 aliphatic rings. The fourth-order valence-corrected chi connectivity index (χ4v) is 1.99. The largest absolute Gasteiger partial charge is 0.286 e. The first-order chi connectivity index (χ1) is 7.68. The third-order valence-corrected chi connectivity index (χ3v) is 2.90. The number of carbonyl (C=O) groups excluding carboxylic acids is 1. The highest BCUT2D eigenvalue weighted by molar-refractivity contribution is 5.74. The van der Waals surface area contributed by atoms with Crippen molar-refractivity contribution in [1.82, 2.24) is 5.06 Å². The smallest absolute Gasteiger partial charge is 0.243 e. The number of fused-ring (bicyclic) bond motifs is 1. The molecule has 1 aromatic rings. The van der Waals surface area contributed by atoms with E-state index in [1.165, 1.54) is 23.6 Å². The first-order valence-electron chi connectivity index (χ1n) is 5.43. The topological polar surface area (TPSA) is 40.5 Å². The Labute approximate surface area is 95.0 Å². The predicted molar refractivity (Wildman–Crippen MR) is 61.9 cm³/mol. The molecule has 0 saturated carbocycles. The highest BCUT2D eigenvalue weighted by Gasteiger charge is 2.15. The first-order valence-corrected chi connectivity index (χ1v) is 5.43. The van der Waals surface area contributed by atoms with Gasteiger partial charge in [0.2, 0.25) is 5.91 Å². The Bertz CT molecular complexity index is 437. The van der Waals surface area contributed by atoms with Gasteiger partial charge < -0.3 is 0 Å². The maximum absolute atomic E-state index is 10.8. The van der Waals surface area contributed by atoms with Crippen LogP contribution in [0.2, 0.25) is 0 Å². The van der Waals surface area contributed by atoms with Gasteiger partial charge >= 0.3 is 0 Å². The summed E-state index contributed by atoms with van der Waals surface area (Å²) in [6.45, 7) is 1.61. The summed E-state index contributed by atoms with van der Waals surface area (Å²) >= 11 is 0. The van der Waals surface area contributed by atoms with Crippen LogP contribution in [-0.4, -0.2) is 22.7 Å². The third-order valence-electron chi connectivity index (χ3n) is 2.90. The van der Waals surface area contributed by atoms with Gasteiger partial charge in [0.05, 0.1) is 6.54 Å². The number of allylic oxidation sites excluding steroid dienone is 1. The molecule has 0 bridgehead atoms. The zero-order valence-electron chi connectivity index (χ0n) is 9.31. The van der Waals surface area contributed by atoms with Gasteiger partial charge in [-0.2, -0.15) is 0 Å². The Hall–Kier alpha value is -1.61. The van der Waals surface area contributed by atoms with Gasteiger partial charge in [0.15, 0.2) is 0 Å². The molecule has 2 rings (SSSR count). The van der Waals surface area contributed by atoms with Gasteiger partial charge in [-0.1, -0.05) is 30.3 Å². The lowest BCUT2D eigenvalue weighted by molar-refractivity contribution is -0.160. The van der Waals surface area contributed by atoms with Crippen LogP contribution in [0.4, 0.5) is 0 Å². The maximum Gasteiger partial charge on any atom is 0.243 e. The summed E-state index contributed by atoms with van der Waals surface area (Å²) in [5, 5.41) is 10.0. The van der Waals surface area contributed by atoms with Crippen molar-refractivity contribution in [1.29, 1.82) is 0 Å². The molecule has 1 amide bonds. The van der Waals surface area contributed by atoms with Crippen LogP contribution in [0.25, 0.3) is 5.57 Å². The van der Waals surface area contributed by atoms with Gasteiger partial charge in [0.25, 0.3) is 0 Å². The summed E-state index contributed by atoms with van der Waals surface area (Å²) in [4.78, 5) is 10.8. The van der Waals surface area contributed by atoms with Crippen molar-refractivity contribution in [2.45, 2.75) is 19.8 Å². The highest BCUT2D eigenvalue weighted by atomic mass is 16.5. The SMILES string of the molecule is CC(=O)N(O)C/C=C1\CCc2ccccc21. The van der Waals surface area contributed by atoms with E-state index in [1.54, 1.807) is 0 Å². The molecule has 0 spiro atoms. The van der Waals surface area contributed by atoms with Crippen LogP contribution in [-0.2, 0) is 11.2 Å². The second-order valence-electron chi connectivity index (χ2n) is 3.99. The van der Waals surface area contributed by atoms with Gasteiger partial charge in [-0.15, -0.1) is 0 Å². The molecule has 1 aromatic carbocycles. The molecule has 0 fully saturated rings. The van der Waals surface area contributed by atoms with E-state index >= 15 is 0 Å². The van der Waals surface area contributed by atoms with Gasteiger partial charge in [0, 0.05) is 6.92 Å². The van der Waals surface area contributed by atoms with Crippen molar-refractivity contribution >= 4 is 11.5 Å². The molecule has 0 radical (unpaired) electrons. The fourth-order valence-electron chi connectivity index (χ4n) is 1.99. The number of benzene rings is 1. The molecule has 16 heavy (non-hydrogen) atoms. The van der Waals surface area contributed by atoms with Crippen LogP contribution in [0.5, 0.6) is 0 Å². The summed E-state index contributed by atoms with van der Waals surface area (Å²) in [6, 6.07) is 8.26. The van der Waals surface area contributed by atoms with Crippen LogP contribution < -0.4 is 0 Å².